The summed E-state index contributed by atoms with van der Waals surface area (Å²) in [4.78, 5) is 17.8. The van der Waals surface area contributed by atoms with E-state index in [0.717, 1.165) is 31.6 Å². The van der Waals surface area contributed by atoms with Crippen molar-refractivity contribution in [2.75, 3.05) is 30.8 Å². The third kappa shape index (κ3) is 2.67. The molecule has 0 saturated carbocycles. The lowest BCUT2D eigenvalue weighted by Gasteiger charge is -2.32. The van der Waals surface area contributed by atoms with Crippen molar-refractivity contribution in [3.8, 4) is 0 Å². The number of nitrogens with one attached hydrogen (secondary N) is 1. The van der Waals surface area contributed by atoms with Gasteiger partial charge in [-0.2, -0.15) is 0 Å². The van der Waals surface area contributed by atoms with Crippen LogP contribution in [0.1, 0.15) is 12.8 Å². The van der Waals surface area contributed by atoms with E-state index >= 15 is 0 Å². The van der Waals surface area contributed by atoms with Crippen LogP contribution in [-0.4, -0.2) is 31.0 Å². The van der Waals surface area contributed by atoms with Gasteiger partial charge in [-0.15, -0.1) is 0 Å². The van der Waals surface area contributed by atoms with Crippen LogP contribution in [0.2, 0.25) is 0 Å². The molecule has 1 aliphatic heterocycles. The Morgan fingerprint density at radius 3 is 2.71 bits per heavy atom. The van der Waals surface area contributed by atoms with E-state index < -0.39 is 0 Å². The summed E-state index contributed by atoms with van der Waals surface area (Å²) in [6.07, 6.45) is 3.57. The van der Waals surface area contributed by atoms with Gasteiger partial charge in [0, 0.05) is 26.1 Å². The molecule has 0 aromatic carbocycles. The van der Waals surface area contributed by atoms with Gasteiger partial charge in [0.25, 0.3) is 0 Å². The fraction of sp³-hybridized carbons (Fsp3) is 0.500. The summed E-state index contributed by atoms with van der Waals surface area (Å²) >= 11 is 0. The molecule has 2 heterocycles. The maximum atomic E-state index is 11.5. The summed E-state index contributed by atoms with van der Waals surface area (Å²) in [5, 5.41) is 2.71. The fourth-order valence-corrected chi connectivity index (χ4v) is 2.19. The summed E-state index contributed by atoms with van der Waals surface area (Å²) in [7, 11) is 1.69. The molecule has 0 bridgehead atoms. The highest BCUT2D eigenvalue weighted by molar-refractivity contribution is 5.78. The second-order valence-corrected chi connectivity index (χ2v) is 4.32. The number of pyridine rings is 1. The number of hydrogen-bond acceptors (Lipinski definition) is 4. The zero-order chi connectivity index (χ0) is 12.3. The van der Waals surface area contributed by atoms with E-state index in [1.54, 1.807) is 19.3 Å². The number of amides is 1. The summed E-state index contributed by atoms with van der Waals surface area (Å²) in [6.45, 7) is 1.79. The predicted molar refractivity (Wildman–Crippen MR) is 67.7 cm³/mol. The van der Waals surface area contributed by atoms with Crippen LogP contribution in [-0.2, 0) is 4.79 Å². The van der Waals surface area contributed by atoms with Gasteiger partial charge in [-0.05, 0) is 25.0 Å². The molecule has 5 nitrogen and oxygen atoms in total. The molecule has 5 heteroatoms. The Bertz CT molecular complexity index is 382. The number of carbonyl (C=O) groups is 1. The topological polar surface area (TPSA) is 71.2 Å². The van der Waals surface area contributed by atoms with E-state index in [4.69, 9.17) is 5.73 Å². The minimum absolute atomic E-state index is 0.151. The second kappa shape index (κ2) is 5.03. The SMILES string of the molecule is CNC(=O)C1CCN(c2ccc(N)nc2)CC1. The van der Waals surface area contributed by atoms with Gasteiger partial charge in [-0.3, -0.25) is 4.79 Å². The van der Waals surface area contributed by atoms with E-state index in [1.807, 2.05) is 6.07 Å². The van der Waals surface area contributed by atoms with Crippen molar-refractivity contribution in [1.82, 2.24) is 10.3 Å². The number of nitrogens with two attached hydrogens (primary N) is 1. The molecule has 17 heavy (non-hydrogen) atoms. The van der Waals surface area contributed by atoms with Crippen LogP contribution in [0.25, 0.3) is 0 Å². The third-order valence-corrected chi connectivity index (χ3v) is 3.25. The number of carbonyl (C=O) groups excluding carboxylic acids is 1. The Balaban J connectivity index is 1.95. The van der Waals surface area contributed by atoms with Gasteiger partial charge in [-0.1, -0.05) is 0 Å². The van der Waals surface area contributed by atoms with Crippen molar-refractivity contribution in [2.45, 2.75) is 12.8 Å². The van der Waals surface area contributed by atoms with Gasteiger partial charge in [0.05, 0.1) is 11.9 Å². The second-order valence-electron chi connectivity index (χ2n) is 4.32. The van der Waals surface area contributed by atoms with Crippen molar-refractivity contribution in [1.29, 1.82) is 0 Å². The van der Waals surface area contributed by atoms with Gasteiger partial charge < -0.3 is 16.0 Å². The molecule has 0 aliphatic carbocycles. The van der Waals surface area contributed by atoms with Crippen LogP contribution in [0.5, 0.6) is 0 Å². The molecule has 3 N–H and O–H groups in total. The summed E-state index contributed by atoms with van der Waals surface area (Å²) in [5.41, 5.74) is 6.63. The molecule has 0 unspecified atom stereocenters. The van der Waals surface area contributed by atoms with Crippen LogP contribution in [0, 0.1) is 5.92 Å². The molecule has 0 radical (unpaired) electrons. The number of piperidine rings is 1. The van der Waals surface area contributed by atoms with E-state index in [-0.39, 0.29) is 11.8 Å². The largest absolute Gasteiger partial charge is 0.384 e. The van der Waals surface area contributed by atoms with E-state index in [9.17, 15) is 4.79 Å². The predicted octanol–water partition coefficient (Wildman–Crippen LogP) is 0.626. The van der Waals surface area contributed by atoms with Gasteiger partial charge in [-0.25, -0.2) is 4.98 Å². The third-order valence-electron chi connectivity index (χ3n) is 3.25. The lowest BCUT2D eigenvalue weighted by Crippen LogP contribution is -2.39. The van der Waals surface area contributed by atoms with Gasteiger partial charge in [0.15, 0.2) is 0 Å². The van der Waals surface area contributed by atoms with Crippen molar-refractivity contribution >= 4 is 17.4 Å². The van der Waals surface area contributed by atoms with Gasteiger partial charge >= 0.3 is 0 Å². The number of nitrogens with zero attached hydrogens (tertiary/aromatic N) is 2. The molecule has 1 aromatic heterocycles. The van der Waals surface area contributed by atoms with Crippen LogP contribution in [0.3, 0.4) is 0 Å². The standard InChI is InChI=1S/C12H18N4O/c1-14-12(17)9-4-6-16(7-5-9)10-2-3-11(13)15-8-10/h2-3,8-9H,4-7H2,1H3,(H2,13,15)(H,14,17). The molecular weight excluding hydrogens is 216 g/mol. The highest BCUT2D eigenvalue weighted by Gasteiger charge is 2.24. The van der Waals surface area contributed by atoms with E-state index in [2.05, 4.69) is 15.2 Å². The summed E-state index contributed by atoms with van der Waals surface area (Å²) < 4.78 is 0. The molecule has 2 rings (SSSR count). The summed E-state index contributed by atoms with van der Waals surface area (Å²) in [6, 6.07) is 3.78. The zero-order valence-corrected chi connectivity index (χ0v) is 10.0. The molecule has 1 aromatic rings. The van der Waals surface area contributed by atoms with Crippen molar-refractivity contribution in [3.05, 3.63) is 18.3 Å². The first-order chi connectivity index (χ1) is 8.20. The Morgan fingerprint density at radius 2 is 2.18 bits per heavy atom. The van der Waals surface area contributed by atoms with E-state index in [0.29, 0.717) is 5.82 Å². The number of hydrogen-bond donors (Lipinski definition) is 2. The maximum Gasteiger partial charge on any atom is 0.222 e. The minimum atomic E-state index is 0.151. The number of aromatic nitrogens is 1. The maximum absolute atomic E-state index is 11.5. The van der Waals surface area contributed by atoms with E-state index in [1.165, 1.54) is 0 Å². The Morgan fingerprint density at radius 1 is 1.47 bits per heavy atom. The molecule has 0 atom stereocenters. The van der Waals surface area contributed by atoms with Crippen LogP contribution < -0.4 is 16.0 Å². The Labute approximate surface area is 101 Å². The van der Waals surface area contributed by atoms with Gasteiger partial charge in [0.1, 0.15) is 5.82 Å². The minimum Gasteiger partial charge on any atom is -0.384 e. The summed E-state index contributed by atoms with van der Waals surface area (Å²) in [5.74, 6) is 0.840. The van der Waals surface area contributed by atoms with Crippen LogP contribution in [0.15, 0.2) is 18.3 Å². The molecule has 1 aliphatic rings. The highest BCUT2D eigenvalue weighted by atomic mass is 16.1. The lowest BCUT2D eigenvalue weighted by atomic mass is 9.96. The Kier molecular flexibility index (Phi) is 3.46. The molecule has 92 valence electrons. The van der Waals surface area contributed by atoms with Gasteiger partial charge in [0.2, 0.25) is 5.91 Å². The quantitative estimate of drug-likeness (QED) is 0.787. The van der Waals surface area contributed by atoms with Crippen molar-refractivity contribution in [2.24, 2.45) is 5.92 Å². The molecule has 1 amide bonds. The average molecular weight is 234 g/mol. The zero-order valence-electron chi connectivity index (χ0n) is 10.0. The Hall–Kier alpha value is -1.78. The smallest absolute Gasteiger partial charge is 0.222 e. The number of anilines is 2. The molecular formula is C12H18N4O. The molecule has 1 fully saturated rings. The molecule has 0 spiro atoms. The average Bonchev–Trinajstić information content (AvgIpc) is 2.39. The van der Waals surface area contributed by atoms with Crippen LogP contribution >= 0.6 is 0 Å². The number of nitrogen functional groups attached to an aromatic ring is 1. The van der Waals surface area contributed by atoms with Crippen LogP contribution in [0.4, 0.5) is 11.5 Å². The molecule has 1 saturated heterocycles. The first kappa shape index (κ1) is 11.7. The normalized spacial score (nSPS) is 16.9. The number of rotatable bonds is 2. The fourth-order valence-electron chi connectivity index (χ4n) is 2.19. The monoisotopic (exact) mass is 234 g/mol. The lowest BCUT2D eigenvalue weighted by molar-refractivity contribution is -0.125. The highest BCUT2D eigenvalue weighted by Crippen LogP contribution is 2.23. The van der Waals surface area contributed by atoms with Crippen molar-refractivity contribution in [3.63, 3.8) is 0 Å². The first-order valence-corrected chi connectivity index (χ1v) is 5.89. The van der Waals surface area contributed by atoms with Crippen molar-refractivity contribution < 1.29 is 4.79 Å². The first-order valence-electron chi connectivity index (χ1n) is 5.89.